The Bertz CT molecular complexity index is 396. The van der Waals surface area contributed by atoms with E-state index >= 15 is 0 Å². The molecule has 0 aliphatic carbocycles. The fourth-order valence-electron chi connectivity index (χ4n) is 1.27. The predicted octanol–water partition coefficient (Wildman–Crippen LogP) is 2.92. The normalized spacial score (nSPS) is 10.7. The highest BCUT2D eigenvalue weighted by Gasteiger charge is 2.23. The highest BCUT2D eigenvalue weighted by atomic mass is 79.9. The van der Waals surface area contributed by atoms with Gasteiger partial charge in [0.25, 0.3) is 6.43 Å². The van der Waals surface area contributed by atoms with Gasteiger partial charge in [0, 0.05) is 11.0 Å². The fourth-order valence-corrected chi connectivity index (χ4v) is 1.73. The standard InChI is InChI=1S/C9H8BrF2NO2/c1-4-2-5(3-10)6(8(11)12)7(13-4)9(14)15/h2,8H,3H2,1H3,(H,14,15). The summed E-state index contributed by atoms with van der Waals surface area (Å²) in [6.07, 6.45) is -2.84. The van der Waals surface area contributed by atoms with Gasteiger partial charge in [0.1, 0.15) is 0 Å². The number of carboxylic acid groups (broad SMARTS) is 1. The number of hydrogen-bond donors (Lipinski definition) is 1. The Morgan fingerprint density at radius 1 is 1.67 bits per heavy atom. The third kappa shape index (κ3) is 2.50. The van der Waals surface area contributed by atoms with Crippen LogP contribution >= 0.6 is 15.9 Å². The smallest absolute Gasteiger partial charge is 0.355 e. The molecule has 0 bridgehead atoms. The van der Waals surface area contributed by atoms with Gasteiger partial charge in [-0.2, -0.15) is 0 Å². The maximum atomic E-state index is 12.6. The number of aryl methyl sites for hydroxylation is 1. The van der Waals surface area contributed by atoms with E-state index in [4.69, 9.17) is 5.11 Å². The fraction of sp³-hybridized carbons (Fsp3) is 0.333. The van der Waals surface area contributed by atoms with Crippen LogP contribution in [0.3, 0.4) is 0 Å². The lowest BCUT2D eigenvalue weighted by Gasteiger charge is -2.10. The molecule has 0 fully saturated rings. The van der Waals surface area contributed by atoms with Gasteiger partial charge in [0.2, 0.25) is 0 Å². The number of rotatable bonds is 3. The molecule has 0 saturated carbocycles. The van der Waals surface area contributed by atoms with Crippen molar-refractivity contribution in [2.45, 2.75) is 18.7 Å². The number of pyridine rings is 1. The Hall–Kier alpha value is -1.04. The number of halogens is 3. The molecule has 1 N–H and O–H groups in total. The molecule has 0 unspecified atom stereocenters. The van der Waals surface area contributed by atoms with E-state index in [1.807, 2.05) is 0 Å². The molecule has 3 nitrogen and oxygen atoms in total. The zero-order valence-corrected chi connectivity index (χ0v) is 9.38. The Morgan fingerprint density at radius 2 is 2.27 bits per heavy atom. The third-order valence-corrected chi connectivity index (χ3v) is 2.44. The molecule has 0 aliphatic heterocycles. The summed E-state index contributed by atoms with van der Waals surface area (Å²) in [5, 5.41) is 8.92. The predicted molar refractivity (Wildman–Crippen MR) is 53.5 cm³/mol. The van der Waals surface area contributed by atoms with Gasteiger partial charge >= 0.3 is 5.97 Å². The molecule has 0 amide bonds. The maximum Gasteiger partial charge on any atom is 0.355 e. The third-order valence-electron chi connectivity index (χ3n) is 1.84. The van der Waals surface area contributed by atoms with Crippen molar-refractivity contribution in [3.63, 3.8) is 0 Å². The van der Waals surface area contributed by atoms with E-state index in [0.29, 0.717) is 5.69 Å². The Kier molecular flexibility index (Phi) is 3.73. The van der Waals surface area contributed by atoms with E-state index < -0.39 is 23.7 Å². The minimum Gasteiger partial charge on any atom is -0.476 e. The van der Waals surface area contributed by atoms with Gasteiger partial charge in [-0.1, -0.05) is 15.9 Å². The van der Waals surface area contributed by atoms with Crippen molar-refractivity contribution in [1.29, 1.82) is 0 Å². The van der Waals surface area contributed by atoms with Gasteiger partial charge in [-0.15, -0.1) is 0 Å². The van der Waals surface area contributed by atoms with Crippen molar-refractivity contribution in [3.05, 3.63) is 28.6 Å². The van der Waals surface area contributed by atoms with E-state index in [0.717, 1.165) is 0 Å². The van der Waals surface area contributed by atoms with Crippen LogP contribution in [-0.2, 0) is 5.33 Å². The van der Waals surface area contributed by atoms with Gasteiger partial charge in [-0.25, -0.2) is 18.6 Å². The van der Waals surface area contributed by atoms with Crippen molar-refractivity contribution >= 4 is 21.9 Å². The summed E-state index contributed by atoms with van der Waals surface area (Å²) in [5.74, 6) is -1.43. The largest absolute Gasteiger partial charge is 0.476 e. The van der Waals surface area contributed by atoms with E-state index in [2.05, 4.69) is 20.9 Å². The number of alkyl halides is 3. The van der Waals surface area contributed by atoms with Gasteiger partial charge in [0.05, 0.1) is 5.56 Å². The lowest BCUT2D eigenvalue weighted by Crippen LogP contribution is -2.10. The van der Waals surface area contributed by atoms with Crippen LogP contribution in [0.15, 0.2) is 6.07 Å². The maximum absolute atomic E-state index is 12.6. The molecule has 15 heavy (non-hydrogen) atoms. The van der Waals surface area contributed by atoms with Gasteiger partial charge < -0.3 is 5.11 Å². The molecular weight excluding hydrogens is 272 g/mol. The number of aromatic carboxylic acids is 1. The van der Waals surface area contributed by atoms with E-state index in [1.165, 1.54) is 6.07 Å². The molecule has 82 valence electrons. The Balaban J connectivity index is 3.47. The van der Waals surface area contributed by atoms with Crippen LogP contribution in [0.2, 0.25) is 0 Å². The molecule has 1 rings (SSSR count). The van der Waals surface area contributed by atoms with Crippen molar-refractivity contribution in [2.24, 2.45) is 0 Å². The number of nitrogens with zero attached hydrogens (tertiary/aromatic N) is 1. The molecule has 1 aromatic rings. The van der Waals surface area contributed by atoms with Crippen LogP contribution in [0.25, 0.3) is 0 Å². The lowest BCUT2D eigenvalue weighted by molar-refractivity contribution is 0.0676. The van der Waals surface area contributed by atoms with Crippen molar-refractivity contribution in [2.75, 3.05) is 0 Å². The van der Waals surface area contributed by atoms with E-state index in [1.54, 1.807) is 6.92 Å². The highest BCUT2D eigenvalue weighted by molar-refractivity contribution is 9.08. The molecule has 0 saturated heterocycles. The van der Waals surface area contributed by atoms with Crippen LogP contribution in [0.5, 0.6) is 0 Å². The summed E-state index contributed by atoms with van der Waals surface area (Å²) in [4.78, 5) is 14.3. The molecule has 1 heterocycles. The van der Waals surface area contributed by atoms with Crippen molar-refractivity contribution in [1.82, 2.24) is 4.98 Å². The zero-order chi connectivity index (χ0) is 11.6. The molecular formula is C9H8BrF2NO2. The van der Waals surface area contributed by atoms with Crippen LogP contribution in [0.1, 0.15) is 33.7 Å². The van der Waals surface area contributed by atoms with E-state index in [-0.39, 0.29) is 10.9 Å². The van der Waals surface area contributed by atoms with Crippen LogP contribution in [0, 0.1) is 6.92 Å². The summed E-state index contributed by atoms with van der Waals surface area (Å²) in [6.45, 7) is 1.56. The lowest BCUT2D eigenvalue weighted by atomic mass is 10.1. The zero-order valence-electron chi connectivity index (χ0n) is 7.80. The molecule has 0 spiro atoms. The molecule has 0 aliphatic rings. The van der Waals surface area contributed by atoms with Crippen molar-refractivity contribution < 1.29 is 18.7 Å². The van der Waals surface area contributed by atoms with Gasteiger partial charge in [0.15, 0.2) is 5.69 Å². The summed E-state index contributed by atoms with van der Waals surface area (Å²) in [6, 6.07) is 1.45. The minimum absolute atomic E-state index is 0.177. The van der Waals surface area contributed by atoms with Gasteiger partial charge in [-0.05, 0) is 18.6 Å². The number of aromatic nitrogens is 1. The van der Waals surface area contributed by atoms with Crippen LogP contribution in [-0.4, -0.2) is 16.1 Å². The second-order valence-corrected chi connectivity index (χ2v) is 3.49. The first kappa shape index (κ1) is 12.0. The summed E-state index contributed by atoms with van der Waals surface area (Å²) in [7, 11) is 0. The molecule has 6 heteroatoms. The first-order valence-corrected chi connectivity index (χ1v) is 5.17. The molecule has 0 atom stereocenters. The Labute approximate surface area is 93.3 Å². The second kappa shape index (κ2) is 4.65. The first-order valence-electron chi connectivity index (χ1n) is 4.05. The number of carboxylic acids is 1. The first-order chi connectivity index (χ1) is 6.97. The summed E-state index contributed by atoms with van der Waals surface area (Å²) >= 11 is 3.04. The van der Waals surface area contributed by atoms with Crippen molar-refractivity contribution in [3.8, 4) is 0 Å². The van der Waals surface area contributed by atoms with Crippen LogP contribution < -0.4 is 0 Å². The average Bonchev–Trinajstić information content (AvgIpc) is 2.15. The van der Waals surface area contributed by atoms with E-state index in [9.17, 15) is 13.6 Å². The van der Waals surface area contributed by atoms with Crippen LogP contribution in [0.4, 0.5) is 8.78 Å². The molecule has 1 aromatic heterocycles. The SMILES string of the molecule is Cc1cc(CBr)c(C(F)F)c(C(=O)O)n1. The number of hydrogen-bond acceptors (Lipinski definition) is 2. The summed E-state index contributed by atoms with van der Waals surface area (Å²) in [5.41, 5.74) is -0.412. The Morgan fingerprint density at radius 3 is 2.67 bits per heavy atom. The highest BCUT2D eigenvalue weighted by Crippen LogP contribution is 2.28. The second-order valence-electron chi connectivity index (χ2n) is 2.92. The number of carbonyl (C=O) groups is 1. The molecule has 0 radical (unpaired) electrons. The minimum atomic E-state index is -2.84. The van der Waals surface area contributed by atoms with Gasteiger partial charge in [-0.3, -0.25) is 0 Å². The quantitative estimate of drug-likeness (QED) is 0.866. The average molecular weight is 280 g/mol. The molecule has 0 aromatic carbocycles. The summed E-state index contributed by atoms with van der Waals surface area (Å²) < 4.78 is 25.3. The topological polar surface area (TPSA) is 50.2 Å². The monoisotopic (exact) mass is 279 g/mol.